The Morgan fingerprint density at radius 1 is 0.789 bits per heavy atom. The van der Waals surface area contributed by atoms with E-state index in [0.29, 0.717) is 39.9 Å². The summed E-state index contributed by atoms with van der Waals surface area (Å²) in [6.07, 6.45) is 0. The van der Waals surface area contributed by atoms with E-state index < -0.39 is 12.0 Å². The molecular weight excluding hydrogens is 488 g/mol. The normalized spacial score (nSPS) is 16.4. The maximum absolute atomic E-state index is 14.0. The second kappa shape index (κ2) is 11.3. The summed E-state index contributed by atoms with van der Waals surface area (Å²) in [5.74, 6) is 1.29. The third-order valence-corrected chi connectivity index (χ3v) is 6.85. The van der Waals surface area contributed by atoms with Gasteiger partial charge in [0, 0.05) is 24.7 Å². The van der Waals surface area contributed by atoms with Crippen molar-refractivity contribution in [3.63, 3.8) is 0 Å². The molecule has 0 aliphatic carbocycles. The fourth-order valence-corrected chi connectivity index (χ4v) is 4.93. The molecule has 1 aliphatic rings. The minimum absolute atomic E-state index is 0.241. The summed E-state index contributed by atoms with van der Waals surface area (Å²) in [6, 6.07) is 15.6. The van der Waals surface area contributed by atoms with Crippen LogP contribution in [0.2, 0.25) is 0 Å². The quantitative estimate of drug-likeness (QED) is 0.456. The highest BCUT2D eigenvalue weighted by Gasteiger charge is 2.43. The maximum atomic E-state index is 14.0. The highest BCUT2D eigenvalue weighted by Crippen LogP contribution is 2.46. The first-order chi connectivity index (χ1) is 18.4. The predicted molar refractivity (Wildman–Crippen MR) is 142 cm³/mol. The molecule has 0 radical (unpaired) electrons. The summed E-state index contributed by atoms with van der Waals surface area (Å²) in [7, 11) is 9.39. The first kappa shape index (κ1) is 26.7. The zero-order valence-electron chi connectivity index (χ0n) is 22.4. The van der Waals surface area contributed by atoms with Crippen molar-refractivity contribution in [1.29, 1.82) is 0 Å². The molecule has 0 spiro atoms. The van der Waals surface area contributed by atoms with Gasteiger partial charge in [0.2, 0.25) is 5.91 Å². The highest BCUT2D eigenvalue weighted by atomic mass is 16.5. The van der Waals surface area contributed by atoms with Gasteiger partial charge in [-0.15, -0.1) is 0 Å². The number of ether oxygens (including phenoxy) is 5. The van der Waals surface area contributed by atoms with E-state index in [2.05, 4.69) is 5.32 Å². The van der Waals surface area contributed by atoms with E-state index in [1.165, 1.54) is 14.2 Å². The molecule has 9 nitrogen and oxygen atoms in total. The SMILES string of the molecule is COc1ccccc1CNC(=O)[C@@H]1c2cc(OC)c(OC)cc2C(=O)N(C)[C@H]1c1ccc(OC)c(OC)c1. The number of benzene rings is 3. The van der Waals surface area contributed by atoms with Gasteiger partial charge in [0.05, 0.1) is 47.5 Å². The largest absolute Gasteiger partial charge is 0.496 e. The van der Waals surface area contributed by atoms with E-state index >= 15 is 0 Å². The number of likely N-dealkylation sites (N-methyl/N-ethyl adjacent to an activating group) is 1. The average molecular weight is 521 g/mol. The number of carbonyl (C=O) groups excluding carboxylic acids is 2. The molecule has 38 heavy (non-hydrogen) atoms. The summed E-state index contributed by atoms with van der Waals surface area (Å²) < 4.78 is 27.3. The predicted octanol–water partition coefficient (Wildman–Crippen LogP) is 3.96. The van der Waals surface area contributed by atoms with E-state index in [1.54, 1.807) is 57.5 Å². The minimum Gasteiger partial charge on any atom is -0.496 e. The van der Waals surface area contributed by atoms with Crippen molar-refractivity contribution in [3.8, 4) is 28.7 Å². The molecule has 200 valence electrons. The van der Waals surface area contributed by atoms with Crippen LogP contribution in [0.25, 0.3) is 0 Å². The Bertz CT molecular complexity index is 1340. The lowest BCUT2D eigenvalue weighted by atomic mass is 9.79. The number of para-hydroxylation sites is 1. The first-order valence-corrected chi connectivity index (χ1v) is 12.0. The monoisotopic (exact) mass is 520 g/mol. The van der Waals surface area contributed by atoms with Crippen molar-refractivity contribution in [2.75, 3.05) is 42.6 Å². The van der Waals surface area contributed by atoms with E-state index in [1.807, 2.05) is 30.3 Å². The maximum Gasteiger partial charge on any atom is 0.254 e. The van der Waals surface area contributed by atoms with Crippen molar-refractivity contribution in [2.24, 2.45) is 0 Å². The topological polar surface area (TPSA) is 95.6 Å². The molecule has 0 bridgehead atoms. The zero-order chi connectivity index (χ0) is 27.4. The van der Waals surface area contributed by atoms with E-state index in [9.17, 15) is 9.59 Å². The van der Waals surface area contributed by atoms with Crippen molar-refractivity contribution in [2.45, 2.75) is 18.5 Å². The van der Waals surface area contributed by atoms with Crippen molar-refractivity contribution in [1.82, 2.24) is 10.2 Å². The molecule has 3 aromatic carbocycles. The molecule has 1 aliphatic heterocycles. The summed E-state index contributed by atoms with van der Waals surface area (Å²) in [4.78, 5) is 29.2. The Morgan fingerprint density at radius 2 is 1.39 bits per heavy atom. The third kappa shape index (κ3) is 4.79. The molecule has 2 amide bonds. The molecule has 1 N–H and O–H groups in total. The molecule has 0 saturated carbocycles. The number of hydrogen-bond acceptors (Lipinski definition) is 7. The fraction of sp³-hybridized carbons (Fsp3) is 0.310. The molecule has 2 atom stereocenters. The number of fused-ring (bicyclic) bond motifs is 1. The van der Waals surface area contributed by atoms with Gasteiger partial charge in [-0.3, -0.25) is 9.59 Å². The number of nitrogens with one attached hydrogen (secondary N) is 1. The lowest BCUT2D eigenvalue weighted by Crippen LogP contribution is -2.45. The number of hydrogen-bond donors (Lipinski definition) is 1. The summed E-state index contributed by atoms with van der Waals surface area (Å²) in [6.45, 7) is 0.248. The molecule has 0 aromatic heterocycles. The Morgan fingerprint density at radius 3 is 2.05 bits per heavy atom. The van der Waals surface area contributed by atoms with Crippen LogP contribution in [0.3, 0.4) is 0 Å². The molecule has 4 rings (SSSR count). The van der Waals surface area contributed by atoms with Crippen LogP contribution in [-0.4, -0.2) is 59.3 Å². The number of nitrogens with zero attached hydrogens (tertiary/aromatic N) is 1. The molecule has 3 aromatic rings. The van der Waals surface area contributed by atoms with Gasteiger partial charge in [0.15, 0.2) is 23.0 Å². The van der Waals surface area contributed by atoms with Crippen LogP contribution in [0.15, 0.2) is 54.6 Å². The van der Waals surface area contributed by atoms with Crippen molar-refractivity contribution < 1.29 is 33.3 Å². The van der Waals surface area contributed by atoms with Crippen LogP contribution in [0, 0.1) is 0 Å². The number of methoxy groups -OCH3 is 5. The van der Waals surface area contributed by atoms with Crippen LogP contribution in [0.4, 0.5) is 0 Å². The first-order valence-electron chi connectivity index (χ1n) is 12.0. The summed E-state index contributed by atoms with van der Waals surface area (Å²) in [5.41, 5.74) is 2.47. The van der Waals surface area contributed by atoms with E-state index in [4.69, 9.17) is 23.7 Å². The second-order valence-electron chi connectivity index (χ2n) is 8.78. The molecule has 0 saturated heterocycles. The van der Waals surface area contributed by atoms with Crippen molar-refractivity contribution >= 4 is 11.8 Å². The zero-order valence-corrected chi connectivity index (χ0v) is 22.4. The Hall–Kier alpha value is -4.40. The van der Waals surface area contributed by atoms with E-state index in [-0.39, 0.29) is 18.4 Å². The highest BCUT2D eigenvalue weighted by molar-refractivity contribution is 6.02. The summed E-state index contributed by atoms with van der Waals surface area (Å²) >= 11 is 0. The Kier molecular flexibility index (Phi) is 7.95. The lowest BCUT2D eigenvalue weighted by molar-refractivity contribution is -0.124. The van der Waals surface area contributed by atoms with Gasteiger partial charge >= 0.3 is 0 Å². The molecule has 0 fully saturated rings. The number of amides is 2. The average Bonchev–Trinajstić information content (AvgIpc) is 2.96. The van der Waals surface area contributed by atoms with Crippen LogP contribution >= 0.6 is 0 Å². The van der Waals surface area contributed by atoms with Crippen LogP contribution in [0.5, 0.6) is 28.7 Å². The molecule has 0 unspecified atom stereocenters. The van der Waals surface area contributed by atoms with Gasteiger partial charge in [-0.25, -0.2) is 0 Å². The molecule has 1 heterocycles. The third-order valence-electron chi connectivity index (χ3n) is 6.85. The lowest BCUT2D eigenvalue weighted by Gasteiger charge is -2.40. The van der Waals surface area contributed by atoms with Gasteiger partial charge in [0.1, 0.15) is 5.75 Å². The Balaban J connectivity index is 1.84. The standard InChI is InChI=1S/C29H32N2O7/c1-31-27(17-11-12-22(35-3)23(13-17)36-4)26(28(32)30-16-18-9-7-8-10-21(18)34-2)19-14-24(37-5)25(38-6)15-20(19)29(31)33/h7-15,26-27H,16H2,1-6H3,(H,30,32)/t26-,27+/m1/s1. The van der Waals surface area contributed by atoms with Gasteiger partial charge in [-0.1, -0.05) is 24.3 Å². The van der Waals surface area contributed by atoms with E-state index in [0.717, 1.165) is 11.1 Å². The van der Waals surface area contributed by atoms with Gasteiger partial charge in [-0.05, 0) is 41.5 Å². The van der Waals surface area contributed by atoms with Gasteiger partial charge < -0.3 is 33.9 Å². The molecule has 9 heteroatoms. The summed E-state index contributed by atoms with van der Waals surface area (Å²) in [5, 5.41) is 3.05. The van der Waals surface area contributed by atoms with Crippen LogP contribution in [0.1, 0.15) is 39.0 Å². The van der Waals surface area contributed by atoms with Gasteiger partial charge in [0.25, 0.3) is 5.91 Å². The molecular formula is C29H32N2O7. The Labute approximate surface area is 222 Å². The smallest absolute Gasteiger partial charge is 0.254 e. The number of rotatable bonds is 9. The van der Waals surface area contributed by atoms with Crippen LogP contribution < -0.4 is 29.0 Å². The fourth-order valence-electron chi connectivity index (χ4n) is 4.93. The van der Waals surface area contributed by atoms with Crippen LogP contribution in [-0.2, 0) is 11.3 Å². The van der Waals surface area contributed by atoms with Gasteiger partial charge in [-0.2, -0.15) is 0 Å². The van der Waals surface area contributed by atoms with Crippen molar-refractivity contribution in [3.05, 3.63) is 76.9 Å². The number of carbonyl (C=O) groups is 2. The minimum atomic E-state index is -0.764. The second-order valence-corrected chi connectivity index (χ2v) is 8.78.